The molecule has 0 saturated heterocycles. The van der Waals surface area contributed by atoms with Crippen molar-refractivity contribution in [3.8, 4) is 5.75 Å². The van der Waals surface area contributed by atoms with E-state index >= 15 is 0 Å². The number of hydrogen-bond acceptors (Lipinski definition) is 3. The second kappa shape index (κ2) is 6.92. The molecule has 0 spiro atoms. The number of fused-ring (bicyclic) bond motifs is 1. The molecule has 2 rings (SSSR count). The van der Waals surface area contributed by atoms with E-state index in [1.165, 1.54) is 16.3 Å². The summed E-state index contributed by atoms with van der Waals surface area (Å²) in [7, 11) is 1.68. The molecule has 0 bridgehead atoms. The van der Waals surface area contributed by atoms with Crippen molar-refractivity contribution in [2.45, 2.75) is 32.9 Å². The first kappa shape index (κ1) is 15.8. The molecule has 2 aromatic carbocycles. The van der Waals surface area contributed by atoms with Gasteiger partial charge in [0.15, 0.2) is 0 Å². The summed E-state index contributed by atoms with van der Waals surface area (Å²) in [4.78, 5) is 0. The third-order valence-corrected chi connectivity index (χ3v) is 4.04. The molecule has 0 amide bonds. The fourth-order valence-electron chi connectivity index (χ4n) is 2.51. The van der Waals surface area contributed by atoms with Crippen LogP contribution >= 0.6 is 0 Å². The molecule has 21 heavy (non-hydrogen) atoms. The van der Waals surface area contributed by atoms with Crippen LogP contribution in [-0.4, -0.2) is 24.9 Å². The molecule has 2 atom stereocenters. The van der Waals surface area contributed by atoms with Gasteiger partial charge in [0.2, 0.25) is 0 Å². The van der Waals surface area contributed by atoms with Gasteiger partial charge in [0.1, 0.15) is 5.75 Å². The topological polar surface area (TPSA) is 41.5 Å². The van der Waals surface area contributed by atoms with Crippen molar-refractivity contribution in [3.05, 3.63) is 42.0 Å². The lowest BCUT2D eigenvalue weighted by Crippen LogP contribution is -2.38. The first-order valence-electron chi connectivity index (χ1n) is 7.49. The van der Waals surface area contributed by atoms with E-state index in [-0.39, 0.29) is 18.7 Å². The predicted molar refractivity (Wildman–Crippen MR) is 87.8 cm³/mol. The minimum atomic E-state index is 0.117. The van der Waals surface area contributed by atoms with Gasteiger partial charge in [-0.1, -0.05) is 32.0 Å². The summed E-state index contributed by atoms with van der Waals surface area (Å²) in [5, 5.41) is 15.3. The van der Waals surface area contributed by atoms with Crippen molar-refractivity contribution in [3.63, 3.8) is 0 Å². The van der Waals surface area contributed by atoms with Crippen LogP contribution in [0.4, 0.5) is 0 Å². The normalized spacial score (nSPS) is 14.4. The zero-order valence-electron chi connectivity index (χ0n) is 13.3. The summed E-state index contributed by atoms with van der Waals surface area (Å²) in [5.41, 5.74) is 1.23. The highest BCUT2D eigenvalue weighted by Crippen LogP contribution is 2.24. The fraction of sp³-hybridized carbons (Fsp3) is 0.444. The Labute approximate surface area is 126 Å². The maximum Gasteiger partial charge on any atom is 0.119 e. The molecule has 2 aromatic rings. The maximum atomic E-state index is 9.45. The Hall–Kier alpha value is -1.58. The minimum Gasteiger partial charge on any atom is -0.497 e. The van der Waals surface area contributed by atoms with Crippen LogP contribution in [0, 0.1) is 5.92 Å². The van der Waals surface area contributed by atoms with E-state index in [0.717, 1.165) is 5.75 Å². The molecule has 0 aliphatic carbocycles. The second-order valence-electron chi connectivity index (χ2n) is 5.89. The van der Waals surface area contributed by atoms with Crippen LogP contribution in [0.5, 0.6) is 5.75 Å². The number of rotatable bonds is 6. The zero-order chi connectivity index (χ0) is 15.4. The van der Waals surface area contributed by atoms with Crippen LogP contribution in [0.3, 0.4) is 0 Å². The Balaban J connectivity index is 2.22. The van der Waals surface area contributed by atoms with Crippen molar-refractivity contribution >= 4 is 10.8 Å². The molecule has 3 heteroatoms. The Bertz CT molecular complexity index is 595. The molecule has 0 fully saturated rings. The Kier molecular flexibility index (Phi) is 5.21. The molecule has 114 valence electrons. The van der Waals surface area contributed by atoms with Gasteiger partial charge in [0, 0.05) is 12.1 Å². The highest BCUT2D eigenvalue weighted by atomic mass is 16.5. The number of nitrogens with one attached hydrogen (secondary N) is 1. The predicted octanol–water partition coefficient (Wildman–Crippen LogP) is 3.52. The van der Waals surface area contributed by atoms with E-state index in [9.17, 15) is 5.11 Å². The van der Waals surface area contributed by atoms with Crippen molar-refractivity contribution in [1.82, 2.24) is 5.32 Å². The molecule has 3 nitrogen and oxygen atoms in total. The minimum absolute atomic E-state index is 0.117. The first-order chi connectivity index (χ1) is 10.0. The summed E-state index contributed by atoms with van der Waals surface area (Å²) in [6, 6.07) is 12.9. The molecule has 0 heterocycles. The van der Waals surface area contributed by atoms with Gasteiger partial charge in [-0.05, 0) is 47.4 Å². The second-order valence-corrected chi connectivity index (χ2v) is 5.89. The lowest BCUT2D eigenvalue weighted by molar-refractivity contribution is 0.201. The van der Waals surface area contributed by atoms with Crippen LogP contribution in [0.2, 0.25) is 0 Å². The molecule has 0 aliphatic rings. The smallest absolute Gasteiger partial charge is 0.119 e. The number of ether oxygens (including phenoxy) is 1. The lowest BCUT2D eigenvalue weighted by atomic mass is 9.99. The van der Waals surface area contributed by atoms with Crippen molar-refractivity contribution in [2.24, 2.45) is 5.92 Å². The highest BCUT2D eigenvalue weighted by Gasteiger charge is 2.16. The van der Waals surface area contributed by atoms with E-state index in [2.05, 4.69) is 50.4 Å². The molecule has 0 saturated carbocycles. The summed E-state index contributed by atoms with van der Waals surface area (Å²) in [6.07, 6.45) is 0. The number of hydrogen-bond donors (Lipinski definition) is 2. The summed E-state index contributed by atoms with van der Waals surface area (Å²) < 4.78 is 5.25. The van der Waals surface area contributed by atoms with Crippen molar-refractivity contribution in [2.75, 3.05) is 13.7 Å². The molecule has 0 radical (unpaired) electrons. The van der Waals surface area contributed by atoms with Gasteiger partial charge in [0.05, 0.1) is 13.7 Å². The Morgan fingerprint density at radius 1 is 1.05 bits per heavy atom. The molecule has 0 aliphatic heterocycles. The highest BCUT2D eigenvalue weighted by molar-refractivity contribution is 5.84. The standard InChI is InChI=1S/C18H25NO2/c1-12(2)18(11-20)19-13(3)14-5-6-16-10-17(21-4)8-7-15(16)9-14/h5-10,12-13,18-20H,11H2,1-4H3/t13?,18-/m1/s1. The van der Waals surface area contributed by atoms with Crippen molar-refractivity contribution in [1.29, 1.82) is 0 Å². The molecule has 2 N–H and O–H groups in total. The van der Waals surface area contributed by atoms with Gasteiger partial charge in [-0.25, -0.2) is 0 Å². The monoisotopic (exact) mass is 287 g/mol. The summed E-state index contributed by atoms with van der Waals surface area (Å²) in [5.74, 6) is 1.28. The molecular weight excluding hydrogens is 262 g/mol. The quantitative estimate of drug-likeness (QED) is 0.854. The molecule has 0 aromatic heterocycles. The van der Waals surface area contributed by atoms with Crippen LogP contribution in [0.15, 0.2) is 36.4 Å². The van der Waals surface area contributed by atoms with Gasteiger partial charge in [0.25, 0.3) is 0 Å². The first-order valence-corrected chi connectivity index (χ1v) is 7.49. The molecular formula is C18H25NO2. The van der Waals surface area contributed by atoms with Crippen LogP contribution in [-0.2, 0) is 0 Å². The number of aliphatic hydroxyl groups excluding tert-OH is 1. The fourth-order valence-corrected chi connectivity index (χ4v) is 2.51. The van der Waals surface area contributed by atoms with Crippen molar-refractivity contribution < 1.29 is 9.84 Å². The van der Waals surface area contributed by atoms with E-state index in [1.54, 1.807) is 7.11 Å². The SMILES string of the molecule is COc1ccc2cc(C(C)N[C@H](CO)C(C)C)ccc2c1. The third-order valence-electron chi connectivity index (χ3n) is 4.04. The average molecular weight is 287 g/mol. The molecule has 1 unspecified atom stereocenters. The van der Waals surface area contributed by atoms with E-state index in [4.69, 9.17) is 4.74 Å². The number of aliphatic hydroxyl groups is 1. The zero-order valence-corrected chi connectivity index (χ0v) is 13.3. The summed E-state index contributed by atoms with van der Waals surface area (Å²) in [6.45, 7) is 6.53. The van der Waals surface area contributed by atoms with E-state index in [1.807, 2.05) is 12.1 Å². The van der Waals surface area contributed by atoms with E-state index < -0.39 is 0 Å². The van der Waals surface area contributed by atoms with Gasteiger partial charge in [-0.15, -0.1) is 0 Å². The lowest BCUT2D eigenvalue weighted by Gasteiger charge is -2.25. The Morgan fingerprint density at radius 2 is 1.71 bits per heavy atom. The average Bonchev–Trinajstić information content (AvgIpc) is 2.50. The largest absolute Gasteiger partial charge is 0.497 e. The van der Waals surface area contributed by atoms with Gasteiger partial charge in [-0.2, -0.15) is 0 Å². The van der Waals surface area contributed by atoms with Gasteiger partial charge >= 0.3 is 0 Å². The van der Waals surface area contributed by atoms with Crippen LogP contribution in [0.1, 0.15) is 32.4 Å². The van der Waals surface area contributed by atoms with Gasteiger partial charge in [-0.3, -0.25) is 0 Å². The maximum absolute atomic E-state index is 9.45. The van der Waals surface area contributed by atoms with E-state index in [0.29, 0.717) is 5.92 Å². The number of methoxy groups -OCH3 is 1. The van der Waals surface area contributed by atoms with Gasteiger partial charge < -0.3 is 15.2 Å². The summed E-state index contributed by atoms with van der Waals surface area (Å²) >= 11 is 0. The number of benzene rings is 2. The third kappa shape index (κ3) is 3.74. The Morgan fingerprint density at radius 3 is 2.33 bits per heavy atom. The van der Waals surface area contributed by atoms with Crippen LogP contribution < -0.4 is 10.1 Å². The van der Waals surface area contributed by atoms with Crippen LogP contribution in [0.25, 0.3) is 10.8 Å².